The van der Waals surface area contributed by atoms with Gasteiger partial charge in [-0.25, -0.2) is 4.79 Å². The van der Waals surface area contributed by atoms with E-state index >= 15 is 0 Å². The molecule has 3 N–H and O–H groups in total. The minimum Gasteiger partial charge on any atom is -0.481 e. The first kappa shape index (κ1) is 12.0. The molecule has 0 fully saturated rings. The van der Waals surface area contributed by atoms with Crippen LogP contribution in [-0.2, 0) is 9.59 Å². The lowest BCUT2D eigenvalue weighted by Gasteiger charge is -2.10. The van der Waals surface area contributed by atoms with Crippen LogP contribution >= 0.6 is 11.5 Å². The summed E-state index contributed by atoms with van der Waals surface area (Å²) >= 11 is 0.932. The fourth-order valence-electron chi connectivity index (χ4n) is 0.870. The molecule has 0 saturated carbocycles. The van der Waals surface area contributed by atoms with Gasteiger partial charge in [0.1, 0.15) is 6.04 Å². The minimum atomic E-state index is -1.48. The van der Waals surface area contributed by atoms with E-state index in [2.05, 4.69) is 9.59 Å². The van der Waals surface area contributed by atoms with Crippen LogP contribution in [0.3, 0.4) is 0 Å². The van der Waals surface area contributed by atoms with E-state index in [9.17, 15) is 14.4 Å². The smallest absolute Gasteiger partial charge is 0.326 e. The fourth-order valence-corrected chi connectivity index (χ4v) is 1.31. The molecule has 0 unspecified atom stereocenters. The van der Waals surface area contributed by atoms with Crippen LogP contribution in [0.1, 0.15) is 16.9 Å². The van der Waals surface area contributed by atoms with Gasteiger partial charge in [-0.1, -0.05) is 4.49 Å². The van der Waals surface area contributed by atoms with Gasteiger partial charge in [0.15, 0.2) is 5.69 Å². The van der Waals surface area contributed by atoms with Gasteiger partial charge in [0.05, 0.1) is 6.42 Å². The van der Waals surface area contributed by atoms with Crippen molar-refractivity contribution in [1.82, 2.24) is 14.9 Å². The second-order valence-electron chi connectivity index (χ2n) is 2.75. The maximum atomic E-state index is 11.3. The molecule has 1 heterocycles. The van der Waals surface area contributed by atoms with Crippen molar-refractivity contribution in [3.05, 3.63) is 11.1 Å². The molecule has 0 spiro atoms. The number of carboxylic acid groups (broad SMARTS) is 2. The molecule has 9 heteroatoms. The number of hydrogen-bond acceptors (Lipinski definition) is 6. The highest BCUT2D eigenvalue weighted by atomic mass is 32.1. The molecule has 8 nitrogen and oxygen atoms in total. The van der Waals surface area contributed by atoms with E-state index in [0.29, 0.717) is 0 Å². The highest BCUT2D eigenvalue weighted by Gasteiger charge is 2.24. The van der Waals surface area contributed by atoms with Crippen molar-refractivity contribution >= 4 is 29.4 Å². The van der Waals surface area contributed by atoms with Gasteiger partial charge in [-0.05, 0) is 11.5 Å². The third-order valence-corrected chi connectivity index (χ3v) is 2.08. The summed E-state index contributed by atoms with van der Waals surface area (Å²) < 4.78 is 3.42. The van der Waals surface area contributed by atoms with Crippen LogP contribution < -0.4 is 5.32 Å². The standard InChI is InChI=1S/C7H7N3O5S/c11-5(12)1-3(7(14)15)8-6(13)4-2-16-10-9-4/h2-3H,1H2,(H,8,13)(H,11,12)(H,14,15)/t3-/m1/s1. The minimum absolute atomic E-state index is 0.0401. The zero-order valence-corrected chi connectivity index (χ0v) is 8.60. The Hall–Kier alpha value is -2.03. The Kier molecular flexibility index (Phi) is 3.89. The molecule has 0 aliphatic carbocycles. The molecule has 0 aliphatic rings. The third-order valence-electron chi connectivity index (χ3n) is 1.57. The second kappa shape index (κ2) is 5.16. The number of nitrogens with one attached hydrogen (secondary N) is 1. The molecular formula is C7H7N3O5S. The van der Waals surface area contributed by atoms with Crippen LogP contribution in [0.15, 0.2) is 5.38 Å². The number of aliphatic carboxylic acids is 2. The predicted molar refractivity (Wildman–Crippen MR) is 51.1 cm³/mol. The summed E-state index contributed by atoms with van der Waals surface area (Å²) in [5, 5.41) is 23.9. The summed E-state index contributed by atoms with van der Waals surface area (Å²) in [6.45, 7) is 0. The summed E-state index contributed by atoms with van der Waals surface area (Å²) in [6.07, 6.45) is -0.696. The zero-order valence-electron chi connectivity index (χ0n) is 7.78. The molecule has 0 aromatic carbocycles. The molecule has 0 saturated heterocycles. The van der Waals surface area contributed by atoms with E-state index in [4.69, 9.17) is 10.2 Å². The Bertz CT molecular complexity index is 404. The maximum Gasteiger partial charge on any atom is 0.326 e. The number of rotatable bonds is 5. The van der Waals surface area contributed by atoms with E-state index in [1.165, 1.54) is 5.38 Å². The summed E-state index contributed by atoms with van der Waals surface area (Å²) in [6, 6.07) is -1.48. The third kappa shape index (κ3) is 3.28. The second-order valence-corrected chi connectivity index (χ2v) is 3.36. The molecule has 1 aromatic heterocycles. The molecule has 0 radical (unpaired) electrons. The number of carboxylic acids is 2. The molecule has 1 amide bonds. The number of carbonyl (C=O) groups is 3. The first-order valence-electron chi connectivity index (χ1n) is 4.03. The van der Waals surface area contributed by atoms with E-state index in [-0.39, 0.29) is 5.69 Å². The van der Waals surface area contributed by atoms with Crippen LogP contribution in [0.5, 0.6) is 0 Å². The van der Waals surface area contributed by atoms with Crippen molar-refractivity contribution in [3.63, 3.8) is 0 Å². The van der Waals surface area contributed by atoms with Gasteiger partial charge in [0, 0.05) is 5.38 Å². The summed E-state index contributed by atoms with van der Waals surface area (Å²) in [7, 11) is 0. The van der Waals surface area contributed by atoms with E-state index in [1.54, 1.807) is 0 Å². The van der Waals surface area contributed by atoms with Crippen molar-refractivity contribution in [2.45, 2.75) is 12.5 Å². The van der Waals surface area contributed by atoms with Crippen molar-refractivity contribution in [2.75, 3.05) is 0 Å². The lowest BCUT2D eigenvalue weighted by atomic mass is 10.2. The monoisotopic (exact) mass is 245 g/mol. The number of amides is 1. The van der Waals surface area contributed by atoms with Crippen molar-refractivity contribution in [1.29, 1.82) is 0 Å². The first-order chi connectivity index (χ1) is 7.50. The van der Waals surface area contributed by atoms with Gasteiger partial charge < -0.3 is 15.5 Å². The normalized spacial score (nSPS) is 11.8. The summed E-state index contributed by atoms with van der Waals surface area (Å²) in [5.74, 6) is -3.49. The van der Waals surface area contributed by atoms with E-state index in [1.807, 2.05) is 5.32 Å². The highest BCUT2D eigenvalue weighted by Crippen LogP contribution is 1.99. The summed E-state index contributed by atoms with van der Waals surface area (Å²) in [5.41, 5.74) is -0.0401. The maximum absolute atomic E-state index is 11.3. The largest absolute Gasteiger partial charge is 0.481 e. The Morgan fingerprint density at radius 1 is 1.44 bits per heavy atom. The van der Waals surface area contributed by atoms with Gasteiger partial charge >= 0.3 is 11.9 Å². The first-order valence-corrected chi connectivity index (χ1v) is 4.87. The number of nitrogens with zero attached hydrogens (tertiary/aromatic N) is 2. The predicted octanol–water partition coefficient (Wildman–Crippen LogP) is -0.804. The molecule has 0 aliphatic heterocycles. The lowest BCUT2D eigenvalue weighted by Crippen LogP contribution is -2.42. The van der Waals surface area contributed by atoms with Crippen molar-refractivity contribution in [2.24, 2.45) is 0 Å². The Morgan fingerprint density at radius 3 is 2.56 bits per heavy atom. The van der Waals surface area contributed by atoms with Gasteiger partial charge in [-0.15, -0.1) is 5.10 Å². The van der Waals surface area contributed by atoms with Crippen LogP contribution in [0.4, 0.5) is 0 Å². The van der Waals surface area contributed by atoms with Gasteiger partial charge in [0.25, 0.3) is 5.91 Å². The number of carbonyl (C=O) groups excluding carboxylic acids is 1. The highest BCUT2D eigenvalue weighted by molar-refractivity contribution is 7.03. The van der Waals surface area contributed by atoms with Crippen LogP contribution in [0.2, 0.25) is 0 Å². The molecule has 1 atom stereocenters. The van der Waals surface area contributed by atoms with Crippen LogP contribution in [0, 0.1) is 0 Å². The van der Waals surface area contributed by atoms with Gasteiger partial charge in [0.2, 0.25) is 0 Å². The Labute approximate surface area is 93.1 Å². The van der Waals surface area contributed by atoms with Crippen LogP contribution in [0.25, 0.3) is 0 Å². The summed E-state index contributed by atoms with van der Waals surface area (Å²) in [4.78, 5) is 32.3. The SMILES string of the molecule is O=C(O)C[C@@H](NC(=O)c1csnn1)C(=O)O. The molecule has 1 aromatic rings. The Balaban J connectivity index is 2.65. The molecule has 86 valence electrons. The molecular weight excluding hydrogens is 238 g/mol. The average molecular weight is 245 g/mol. The quantitative estimate of drug-likeness (QED) is 0.618. The average Bonchev–Trinajstić information content (AvgIpc) is 2.68. The molecule has 1 rings (SSSR count). The fraction of sp³-hybridized carbons (Fsp3) is 0.286. The molecule has 0 bridgehead atoms. The van der Waals surface area contributed by atoms with Crippen LogP contribution in [-0.4, -0.2) is 43.7 Å². The zero-order chi connectivity index (χ0) is 12.1. The van der Waals surface area contributed by atoms with Gasteiger partial charge in [-0.3, -0.25) is 9.59 Å². The van der Waals surface area contributed by atoms with Crippen molar-refractivity contribution in [3.8, 4) is 0 Å². The molecule has 16 heavy (non-hydrogen) atoms. The lowest BCUT2D eigenvalue weighted by molar-refractivity contribution is -0.145. The number of hydrogen-bond donors (Lipinski definition) is 3. The van der Waals surface area contributed by atoms with E-state index in [0.717, 1.165) is 11.5 Å². The van der Waals surface area contributed by atoms with E-state index < -0.39 is 30.3 Å². The topological polar surface area (TPSA) is 129 Å². The Morgan fingerprint density at radius 2 is 2.12 bits per heavy atom. The number of aromatic nitrogens is 2. The van der Waals surface area contributed by atoms with Crippen molar-refractivity contribution < 1.29 is 24.6 Å². The van der Waals surface area contributed by atoms with Gasteiger partial charge in [-0.2, -0.15) is 0 Å².